The molecule has 1 aliphatic heterocycles. The smallest absolute Gasteiger partial charge is 0.274 e. The minimum atomic E-state index is -0.278. The van der Waals surface area contributed by atoms with Crippen molar-refractivity contribution < 1.29 is 13.9 Å². The van der Waals surface area contributed by atoms with Crippen molar-refractivity contribution in [3.63, 3.8) is 0 Å². The second-order valence-corrected chi connectivity index (χ2v) is 9.37. The summed E-state index contributed by atoms with van der Waals surface area (Å²) in [6.45, 7) is 1.21. The van der Waals surface area contributed by atoms with Gasteiger partial charge in [0.2, 0.25) is 0 Å². The van der Waals surface area contributed by atoms with E-state index in [-0.39, 0.29) is 17.8 Å². The number of amides is 1. The van der Waals surface area contributed by atoms with Crippen LogP contribution in [0.25, 0.3) is 20.3 Å². The number of ether oxygens (including phenoxy) is 1. The van der Waals surface area contributed by atoms with E-state index in [4.69, 9.17) is 16.3 Å². The molecule has 29 heavy (non-hydrogen) atoms. The molecule has 0 unspecified atom stereocenters. The largest absolute Gasteiger partial charge is 0.467 e. The van der Waals surface area contributed by atoms with Crippen LogP contribution in [-0.2, 0) is 0 Å². The number of aromatic nitrogens is 1. The van der Waals surface area contributed by atoms with Crippen LogP contribution in [0.4, 0.5) is 4.39 Å². The molecule has 1 saturated heterocycles. The molecule has 4 aromatic rings. The quantitative estimate of drug-likeness (QED) is 0.388. The van der Waals surface area contributed by atoms with Crippen LogP contribution in [0.2, 0.25) is 5.02 Å². The maximum Gasteiger partial charge on any atom is 0.274 e. The molecule has 0 spiro atoms. The number of nitrogens with zero attached hydrogens (tertiary/aromatic N) is 2. The van der Waals surface area contributed by atoms with Crippen molar-refractivity contribution in [3.8, 4) is 5.19 Å². The normalized spacial score (nSPS) is 15.3. The molecule has 2 aromatic carbocycles. The van der Waals surface area contributed by atoms with Crippen LogP contribution < -0.4 is 4.74 Å². The number of halogens is 2. The average Bonchev–Trinajstić information content (AvgIpc) is 3.28. The molecule has 5 rings (SSSR count). The predicted octanol–water partition coefficient (Wildman–Crippen LogP) is 5.99. The number of carbonyl (C=O) groups is 1. The molecule has 1 fully saturated rings. The highest BCUT2D eigenvalue weighted by molar-refractivity contribution is 7.21. The van der Waals surface area contributed by atoms with E-state index >= 15 is 0 Å². The lowest BCUT2D eigenvalue weighted by molar-refractivity contribution is 0.0600. The Bertz CT molecular complexity index is 1210. The van der Waals surface area contributed by atoms with Gasteiger partial charge in [-0.25, -0.2) is 9.37 Å². The number of rotatable bonds is 3. The number of benzene rings is 2. The van der Waals surface area contributed by atoms with Crippen LogP contribution >= 0.6 is 34.3 Å². The number of fused-ring (bicyclic) bond motifs is 2. The Labute approximate surface area is 179 Å². The summed E-state index contributed by atoms with van der Waals surface area (Å²) in [6.07, 6.45) is 1.43. The second-order valence-electron chi connectivity index (χ2n) is 6.94. The van der Waals surface area contributed by atoms with E-state index in [9.17, 15) is 9.18 Å². The Morgan fingerprint density at radius 1 is 1.14 bits per heavy atom. The first-order valence-corrected chi connectivity index (χ1v) is 11.3. The highest BCUT2D eigenvalue weighted by Gasteiger charge is 2.28. The standard InChI is InChI=1S/C21H16ClFN2O2S2/c22-18-14-3-1-2-4-16(14)28-19(18)20(26)25-9-7-13(8-10-25)27-21-24-15-6-5-12(23)11-17(15)29-21/h1-6,11,13H,7-10H2. The van der Waals surface area contributed by atoms with Gasteiger partial charge in [0.1, 0.15) is 16.8 Å². The van der Waals surface area contributed by atoms with Crippen LogP contribution in [0.5, 0.6) is 5.19 Å². The summed E-state index contributed by atoms with van der Waals surface area (Å²) in [7, 11) is 0. The van der Waals surface area contributed by atoms with Crippen molar-refractivity contribution in [2.45, 2.75) is 18.9 Å². The summed E-state index contributed by atoms with van der Waals surface area (Å²) >= 11 is 9.24. The summed E-state index contributed by atoms with van der Waals surface area (Å²) in [4.78, 5) is 19.8. The van der Waals surface area contributed by atoms with Crippen LogP contribution in [0.1, 0.15) is 22.5 Å². The van der Waals surface area contributed by atoms with Gasteiger partial charge in [-0.05, 0) is 24.3 Å². The zero-order chi connectivity index (χ0) is 20.0. The Balaban J connectivity index is 1.25. The summed E-state index contributed by atoms with van der Waals surface area (Å²) in [5, 5.41) is 2.01. The third kappa shape index (κ3) is 3.58. The van der Waals surface area contributed by atoms with E-state index in [1.165, 1.54) is 34.8 Å². The van der Waals surface area contributed by atoms with Gasteiger partial charge < -0.3 is 9.64 Å². The third-order valence-electron chi connectivity index (χ3n) is 5.06. The van der Waals surface area contributed by atoms with Crippen LogP contribution in [-0.4, -0.2) is 35.0 Å². The Hall–Kier alpha value is -2.22. The summed E-state index contributed by atoms with van der Waals surface area (Å²) in [5.74, 6) is -0.301. The summed E-state index contributed by atoms with van der Waals surface area (Å²) in [5.41, 5.74) is 0.735. The Kier molecular flexibility index (Phi) is 4.89. The molecule has 0 aliphatic carbocycles. The minimum Gasteiger partial charge on any atom is -0.467 e. The first-order chi connectivity index (χ1) is 14.1. The fraction of sp³-hybridized carbons (Fsp3) is 0.238. The lowest BCUT2D eigenvalue weighted by atomic mass is 10.1. The molecule has 4 nitrogen and oxygen atoms in total. The fourth-order valence-electron chi connectivity index (χ4n) is 3.54. The van der Waals surface area contributed by atoms with E-state index in [0.717, 1.165) is 33.1 Å². The fourth-order valence-corrected chi connectivity index (χ4v) is 5.93. The van der Waals surface area contributed by atoms with Gasteiger partial charge in [-0.1, -0.05) is 41.1 Å². The van der Waals surface area contributed by atoms with Crippen molar-refractivity contribution in [1.82, 2.24) is 9.88 Å². The molecule has 0 atom stereocenters. The molecule has 0 radical (unpaired) electrons. The average molecular weight is 447 g/mol. The monoisotopic (exact) mass is 446 g/mol. The zero-order valence-corrected chi connectivity index (χ0v) is 17.6. The van der Waals surface area contributed by atoms with E-state index in [1.54, 1.807) is 6.07 Å². The van der Waals surface area contributed by atoms with E-state index in [2.05, 4.69) is 4.98 Å². The molecule has 0 bridgehead atoms. The van der Waals surface area contributed by atoms with Crippen LogP contribution in [0.3, 0.4) is 0 Å². The number of hydrogen-bond donors (Lipinski definition) is 0. The third-order valence-corrected chi connectivity index (χ3v) is 7.63. The SMILES string of the molecule is O=C(c1sc2ccccc2c1Cl)N1CCC(Oc2nc3ccc(F)cc3s2)CC1. The van der Waals surface area contributed by atoms with Crippen LogP contribution in [0, 0.1) is 5.82 Å². The van der Waals surface area contributed by atoms with Gasteiger partial charge in [-0.15, -0.1) is 11.3 Å². The lowest BCUT2D eigenvalue weighted by Gasteiger charge is -2.31. The number of likely N-dealkylation sites (tertiary alicyclic amines) is 1. The van der Waals surface area contributed by atoms with Gasteiger partial charge in [-0.3, -0.25) is 4.79 Å². The number of carbonyl (C=O) groups excluding carboxylic acids is 1. The maximum absolute atomic E-state index is 13.4. The summed E-state index contributed by atoms with van der Waals surface area (Å²) in [6, 6.07) is 12.3. The Morgan fingerprint density at radius 2 is 1.93 bits per heavy atom. The lowest BCUT2D eigenvalue weighted by Crippen LogP contribution is -2.41. The van der Waals surface area contributed by atoms with Crippen molar-refractivity contribution in [3.05, 3.63) is 58.2 Å². The van der Waals surface area contributed by atoms with E-state index in [1.807, 2.05) is 29.2 Å². The van der Waals surface area contributed by atoms with Crippen molar-refractivity contribution in [2.24, 2.45) is 0 Å². The molecule has 1 amide bonds. The topological polar surface area (TPSA) is 42.4 Å². The zero-order valence-electron chi connectivity index (χ0n) is 15.2. The predicted molar refractivity (Wildman–Crippen MR) is 116 cm³/mol. The molecular formula is C21H16ClFN2O2S2. The molecule has 8 heteroatoms. The molecule has 3 heterocycles. The van der Waals surface area contributed by atoms with Crippen molar-refractivity contribution in [2.75, 3.05) is 13.1 Å². The molecule has 0 N–H and O–H groups in total. The van der Waals surface area contributed by atoms with Gasteiger partial charge in [0, 0.05) is 36.0 Å². The maximum atomic E-state index is 13.4. The van der Waals surface area contributed by atoms with Gasteiger partial charge in [0.15, 0.2) is 0 Å². The van der Waals surface area contributed by atoms with Crippen molar-refractivity contribution >= 4 is 60.5 Å². The van der Waals surface area contributed by atoms with Gasteiger partial charge in [0.25, 0.3) is 11.1 Å². The molecular weight excluding hydrogens is 431 g/mol. The molecule has 1 aliphatic rings. The highest BCUT2D eigenvalue weighted by atomic mass is 35.5. The molecule has 2 aromatic heterocycles. The van der Waals surface area contributed by atoms with E-state index in [0.29, 0.717) is 28.2 Å². The highest BCUT2D eigenvalue weighted by Crippen LogP contribution is 2.36. The number of thiazole rings is 1. The Morgan fingerprint density at radius 3 is 2.72 bits per heavy atom. The number of thiophene rings is 1. The number of piperidine rings is 1. The van der Waals surface area contributed by atoms with Gasteiger partial charge >= 0.3 is 0 Å². The number of hydrogen-bond acceptors (Lipinski definition) is 5. The minimum absolute atomic E-state index is 0.0117. The van der Waals surface area contributed by atoms with Gasteiger partial charge in [0.05, 0.1) is 15.2 Å². The van der Waals surface area contributed by atoms with Gasteiger partial charge in [-0.2, -0.15) is 0 Å². The van der Waals surface area contributed by atoms with E-state index < -0.39 is 0 Å². The summed E-state index contributed by atoms with van der Waals surface area (Å²) < 4.78 is 21.2. The first-order valence-electron chi connectivity index (χ1n) is 9.27. The molecule has 148 valence electrons. The van der Waals surface area contributed by atoms with Crippen molar-refractivity contribution in [1.29, 1.82) is 0 Å². The van der Waals surface area contributed by atoms with Crippen LogP contribution in [0.15, 0.2) is 42.5 Å². The first kappa shape index (κ1) is 18.8. The second kappa shape index (κ2) is 7.55. The molecule has 0 saturated carbocycles.